The van der Waals surface area contributed by atoms with Crippen LogP contribution in [0.25, 0.3) is 0 Å². The molecular weight excluding hydrogens is 248 g/mol. The molecule has 3 N–H and O–H groups in total. The Morgan fingerprint density at radius 3 is 2.37 bits per heavy atom. The average Bonchev–Trinajstić information content (AvgIpc) is 2.35. The summed E-state index contributed by atoms with van der Waals surface area (Å²) in [5.41, 5.74) is 0. The fraction of sp³-hybridized carbons (Fsp3) is 0.846. The van der Waals surface area contributed by atoms with Crippen LogP contribution in [0.5, 0.6) is 0 Å². The lowest BCUT2D eigenvalue weighted by molar-refractivity contribution is -0.145. The second-order valence-electron chi connectivity index (χ2n) is 5.36. The third-order valence-corrected chi connectivity index (χ3v) is 3.49. The van der Waals surface area contributed by atoms with Crippen molar-refractivity contribution in [1.82, 2.24) is 10.2 Å². The topological polar surface area (TPSA) is 89.9 Å². The molecule has 0 aromatic carbocycles. The molecule has 0 aromatic rings. The predicted octanol–water partition coefficient (Wildman–Crippen LogP) is 0.0586. The molecule has 2 unspecified atom stereocenters. The number of hydrogen-bond acceptors (Lipinski definition) is 4. The van der Waals surface area contributed by atoms with Crippen molar-refractivity contribution in [2.75, 3.05) is 19.6 Å². The van der Waals surface area contributed by atoms with Crippen LogP contribution in [0, 0.1) is 5.92 Å². The van der Waals surface area contributed by atoms with Gasteiger partial charge in [-0.2, -0.15) is 0 Å². The van der Waals surface area contributed by atoms with E-state index in [1.807, 2.05) is 6.92 Å². The number of hydrogen-bond donors (Lipinski definition) is 3. The van der Waals surface area contributed by atoms with Crippen LogP contribution < -0.4 is 5.32 Å². The van der Waals surface area contributed by atoms with E-state index in [1.165, 1.54) is 0 Å². The Balaban J connectivity index is 2.26. The lowest BCUT2D eigenvalue weighted by Gasteiger charge is -2.30. The second kappa shape index (κ2) is 7.45. The number of amides is 1. The molecule has 0 aliphatic carbocycles. The summed E-state index contributed by atoms with van der Waals surface area (Å²) in [6, 6.07) is 0.0838. The molecule has 110 valence electrons. The highest BCUT2D eigenvalue weighted by Gasteiger charge is 2.26. The lowest BCUT2D eigenvalue weighted by atomic mass is 9.97. The van der Waals surface area contributed by atoms with Gasteiger partial charge in [0.15, 0.2) is 0 Å². The van der Waals surface area contributed by atoms with Gasteiger partial charge in [-0.25, -0.2) is 0 Å². The Morgan fingerprint density at radius 2 is 1.89 bits per heavy atom. The SMILES string of the molecule is CC(O)CC(C)NCC(=O)N1CCC(C(=O)O)CC1. The Labute approximate surface area is 113 Å². The molecule has 19 heavy (non-hydrogen) atoms. The van der Waals surface area contributed by atoms with Crippen LogP contribution >= 0.6 is 0 Å². The monoisotopic (exact) mass is 272 g/mol. The molecule has 1 saturated heterocycles. The number of carbonyl (C=O) groups excluding carboxylic acids is 1. The maximum absolute atomic E-state index is 11.9. The number of aliphatic carboxylic acids is 1. The minimum Gasteiger partial charge on any atom is -0.481 e. The number of carboxylic acids is 1. The highest BCUT2D eigenvalue weighted by molar-refractivity contribution is 5.79. The number of carboxylic acid groups (broad SMARTS) is 1. The zero-order chi connectivity index (χ0) is 14.4. The fourth-order valence-electron chi connectivity index (χ4n) is 2.34. The molecule has 1 amide bonds. The molecule has 0 saturated carbocycles. The van der Waals surface area contributed by atoms with E-state index in [9.17, 15) is 14.7 Å². The van der Waals surface area contributed by atoms with Crippen LogP contribution in [0.4, 0.5) is 0 Å². The van der Waals surface area contributed by atoms with Gasteiger partial charge in [-0.05, 0) is 33.1 Å². The molecule has 1 aliphatic rings. The number of likely N-dealkylation sites (tertiary alicyclic amines) is 1. The summed E-state index contributed by atoms with van der Waals surface area (Å²) in [6.45, 7) is 4.92. The van der Waals surface area contributed by atoms with Crippen LogP contribution in [-0.4, -0.2) is 58.8 Å². The number of nitrogens with zero attached hydrogens (tertiary/aromatic N) is 1. The van der Waals surface area contributed by atoms with E-state index in [0.717, 1.165) is 0 Å². The number of aliphatic hydroxyl groups is 1. The first kappa shape index (κ1) is 15.9. The van der Waals surface area contributed by atoms with Crippen molar-refractivity contribution in [2.24, 2.45) is 5.92 Å². The van der Waals surface area contributed by atoms with Gasteiger partial charge < -0.3 is 20.4 Å². The van der Waals surface area contributed by atoms with E-state index in [0.29, 0.717) is 32.4 Å². The van der Waals surface area contributed by atoms with Gasteiger partial charge in [0.2, 0.25) is 5.91 Å². The van der Waals surface area contributed by atoms with Crippen molar-refractivity contribution in [2.45, 2.75) is 45.3 Å². The van der Waals surface area contributed by atoms with E-state index >= 15 is 0 Å². The number of nitrogens with one attached hydrogen (secondary N) is 1. The molecule has 0 radical (unpaired) electrons. The van der Waals surface area contributed by atoms with Crippen molar-refractivity contribution in [3.05, 3.63) is 0 Å². The zero-order valence-corrected chi connectivity index (χ0v) is 11.6. The van der Waals surface area contributed by atoms with Crippen LogP contribution in [0.15, 0.2) is 0 Å². The van der Waals surface area contributed by atoms with Crippen molar-refractivity contribution in [3.8, 4) is 0 Å². The molecule has 0 spiro atoms. The first-order chi connectivity index (χ1) is 8.90. The van der Waals surface area contributed by atoms with Gasteiger partial charge in [-0.15, -0.1) is 0 Å². The normalized spacial score (nSPS) is 20.1. The first-order valence-corrected chi connectivity index (χ1v) is 6.82. The summed E-state index contributed by atoms with van der Waals surface area (Å²) >= 11 is 0. The first-order valence-electron chi connectivity index (χ1n) is 6.82. The van der Waals surface area contributed by atoms with Gasteiger partial charge in [-0.1, -0.05) is 0 Å². The molecule has 6 nitrogen and oxygen atoms in total. The predicted molar refractivity (Wildman–Crippen MR) is 70.7 cm³/mol. The summed E-state index contributed by atoms with van der Waals surface area (Å²) < 4.78 is 0. The molecule has 0 aromatic heterocycles. The van der Waals surface area contributed by atoms with E-state index in [2.05, 4.69) is 5.32 Å². The standard InChI is InChI=1S/C13H24N2O4/c1-9(7-10(2)16)14-8-12(17)15-5-3-11(4-6-15)13(18)19/h9-11,14,16H,3-8H2,1-2H3,(H,18,19). The van der Waals surface area contributed by atoms with Crippen LogP contribution in [0.1, 0.15) is 33.1 Å². The van der Waals surface area contributed by atoms with Crippen LogP contribution in [0.2, 0.25) is 0 Å². The van der Waals surface area contributed by atoms with Gasteiger partial charge in [0.05, 0.1) is 18.6 Å². The highest BCUT2D eigenvalue weighted by Crippen LogP contribution is 2.17. The van der Waals surface area contributed by atoms with Crippen molar-refractivity contribution in [3.63, 3.8) is 0 Å². The average molecular weight is 272 g/mol. The van der Waals surface area contributed by atoms with Gasteiger partial charge in [0.1, 0.15) is 0 Å². The minimum atomic E-state index is -0.768. The van der Waals surface area contributed by atoms with Crippen LogP contribution in [-0.2, 0) is 9.59 Å². The van der Waals surface area contributed by atoms with Gasteiger partial charge in [0, 0.05) is 19.1 Å². The van der Waals surface area contributed by atoms with Crippen LogP contribution in [0.3, 0.4) is 0 Å². The molecule has 6 heteroatoms. The molecular formula is C13H24N2O4. The summed E-state index contributed by atoms with van der Waals surface area (Å²) in [7, 11) is 0. The second-order valence-corrected chi connectivity index (χ2v) is 5.36. The number of rotatable bonds is 6. The lowest BCUT2D eigenvalue weighted by Crippen LogP contribution is -2.45. The van der Waals surface area contributed by atoms with Crippen molar-refractivity contribution in [1.29, 1.82) is 0 Å². The van der Waals surface area contributed by atoms with E-state index < -0.39 is 5.97 Å². The number of aliphatic hydroxyl groups excluding tert-OH is 1. The van der Waals surface area contributed by atoms with E-state index in [1.54, 1.807) is 11.8 Å². The number of carbonyl (C=O) groups is 2. The Kier molecular flexibility index (Phi) is 6.24. The molecule has 1 fully saturated rings. The summed E-state index contributed by atoms with van der Waals surface area (Å²) in [4.78, 5) is 24.4. The Morgan fingerprint density at radius 1 is 1.32 bits per heavy atom. The molecule has 0 bridgehead atoms. The van der Waals surface area contributed by atoms with Gasteiger partial charge in [-0.3, -0.25) is 9.59 Å². The molecule has 2 atom stereocenters. The Bertz CT molecular complexity index is 312. The van der Waals surface area contributed by atoms with Crippen molar-refractivity contribution < 1.29 is 19.8 Å². The summed E-state index contributed by atoms with van der Waals surface area (Å²) in [5.74, 6) is -1.08. The molecule has 1 aliphatic heterocycles. The molecule has 1 rings (SSSR count). The summed E-state index contributed by atoms with van der Waals surface area (Å²) in [6.07, 6.45) is 1.28. The minimum absolute atomic E-state index is 0.00119. The third kappa shape index (κ3) is 5.57. The number of piperidine rings is 1. The van der Waals surface area contributed by atoms with Crippen molar-refractivity contribution >= 4 is 11.9 Å². The van der Waals surface area contributed by atoms with E-state index in [-0.39, 0.29) is 30.5 Å². The zero-order valence-electron chi connectivity index (χ0n) is 11.6. The largest absolute Gasteiger partial charge is 0.481 e. The maximum Gasteiger partial charge on any atom is 0.306 e. The van der Waals surface area contributed by atoms with E-state index in [4.69, 9.17) is 5.11 Å². The maximum atomic E-state index is 11.9. The van der Waals surface area contributed by atoms with Gasteiger partial charge >= 0.3 is 5.97 Å². The summed E-state index contributed by atoms with van der Waals surface area (Å²) in [5, 5.41) is 21.2. The molecule has 1 heterocycles. The quantitative estimate of drug-likeness (QED) is 0.636. The van der Waals surface area contributed by atoms with Gasteiger partial charge in [0.25, 0.3) is 0 Å². The third-order valence-electron chi connectivity index (χ3n) is 3.49. The fourth-order valence-corrected chi connectivity index (χ4v) is 2.34. The Hall–Kier alpha value is -1.14. The smallest absolute Gasteiger partial charge is 0.306 e. The highest BCUT2D eigenvalue weighted by atomic mass is 16.4.